The Morgan fingerprint density at radius 2 is 2.14 bits per heavy atom. The predicted molar refractivity (Wildman–Crippen MR) is 78.8 cm³/mol. The smallest absolute Gasteiger partial charge is 0.338 e. The summed E-state index contributed by atoms with van der Waals surface area (Å²) < 4.78 is 5.35. The number of aromatic carboxylic acids is 1. The highest BCUT2D eigenvalue weighted by atomic mass is 16.6. The minimum atomic E-state index is -1.21. The molecule has 7 heteroatoms. The summed E-state index contributed by atoms with van der Waals surface area (Å²) in [4.78, 5) is 21.8. The van der Waals surface area contributed by atoms with Gasteiger partial charge in [0, 0.05) is 12.7 Å². The van der Waals surface area contributed by atoms with Crippen LogP contribution in [-0.4, -0.2) is 35.3 Å². The summed E-state index contributed by atoms with van der Waals surface area (Å²) in [5.41, 5.74) is -0.350. The fraction of sp³-hybridized carbons (Fsp3) is 0.500. The van der Waals surface area contributed by atoms with E-state index in [1.54, 1.807) is 0 Å². The van der Waals surface area contributed by atoms with Gasteiger partial charge >= 0.3 is 5.97 Å². The van der Waals surface area contributed by atoms with Gasteiger partial charge in [-0.15, -0.1) is 0 Å². The second kappa shape index (κ2) is 7.58. The van der Waals surface area contributed by atoms with E-state index in [1.165, 1.54) is 18.2 Å². The minimum absolute atomic E-state index is 0.0217. The molecule has 1 aromatic carbocycles. The number of nitro groups is 1. The van der Waals surface area contributed by atoms with Crippen LogP contribution >= 0.6 is 0 Å². The second-order valence-electron chi connectivity index (χ2n) is 4.92. The Morgan fingerprint density at radius 1 is 1.48 bits per heavy atom. The molecule has 7 nitrogen and oxygen atoms in total. The van der Waals surface area contributed by atoms with E-state index >= 15 is 0 Å². The van der Waals surface area contributed by atoms with Gasteiger partial charge in [-0.2, -0.15) is 0 Å². The SMILES string of the molecule is CCOCC(Nc1c(C(=O)O)cccc1[N+](=O)[O-])C(C)C. The highest BCUT2D eigenvalue weighted by molar-refractivity contribution is 5.96. The molecule has 0 radical (unpaired) electrons. The third-order valence-electron chi connectivity index (χ3n) is 3.11. The molecule has 0 heterocycles. The zero-order chi connectivity index (χ0) is 16.0. The van der Waals surface area contributed by atoms with Crippen LogP contribution in [0.2, 0.25) is 0 Å². The molecule has 0 aromatic heterocycles. The molecule has 1 unspecified atom stereocenters. The maximum atomic E-state index is 11.3. The molecule has 0 bridgehead atoms. The van der Waals surface area contributed by atoms with Crippen LogP contribution in [0.1, 0.15) is 31.1 Å². The molecule has 2 N–H and O–H groups in total. The molecule has 1 aromatic rings. The summed E-state index contributed by atoms with van der Waals surface area (Å²) in [5.74, 6) is -1.09. The van der Waals surface area contributed by atoms with E-state index in [4.69, 9.17) is 4.74 Å². The first-order chi connectivity index (χ1) is 9.88. The highest BCUT2D eigenvalue weighted by Gasteiger charge is 2.25. The monoisotopic (exact) mass is 296 g/mol. The lowest BCUT2D eigenvalue weighted by Crippen LogP contribution is -2.32. The number of ether oxygens (including phenoxy) is 1. The number of carbonyl (C=O) groups is 1. The van der Waals surface area contributed by atoms with Crippen LogP contribution in [0.4, 0.5) is 11.4 Å². The maximum absolute atomic E-state index is 11.3. The van der Waals surface area contributed by atoms with Gasteiger partial charge in [-0.3, -0.25) is 10.1 Å². The molecule has 0 amide bonds. The molecule has 0 aliphatic carbocycles. The van der Waals surface area contributed by atoms with Crippen LogP contribution in [0.3, 0.4) is 0 Å². The summed E-state index contributed by atoms with van der Waals surface area (Å²) in [5, 5.41) is 23.3. The van der Waals surface area contributed by atoms with Crippen molar-refractivity contribution in [3.05, 3.63) is 33.9 Å². The van der Waals surface area contributed by atoms with Gasteiger partial charge in [-0.1, -0.05) is 19.9 Å². The molecule has 116 valence electrons. The molecule has 0 aliphatic rings. The van der Waals surface area contributed by atoms with Crippen molar-refractivity contribution in [3.63, 3.8) is 0 Å². The number of benzene rings is 1. The number of carboxylic acids is 1. The maximum Gasteiger partial charge on any atom is 0.338 e. The van der Waals surface area contributed by atoms with Gasteiger partial charge < -0.3 is 15.2 Å². The third kappa shape index (κ3) is 4.42. The van der Waals surface area contributed by atoms with Crippen LogP contribution < -0.4 is 5.32 Å². The lowest BCUT2D eigenvalue weighted by Gasteiger charge is -2.24. The molecule has 1 atom stereocenters. The average molecular weight is 296 g/mol. The fourth-order valence-corrected chi connectivity index (χ4v) is 1.85. The number of rotatable bonds is 8. The van der Waals surface area contributed by atoms with Gasteiger partial charge in [0.2, 0.25) is 0 Å². The van der Waals surface area contributed by atoms with E-state index < -0.39 is 10.9 Å². The fourth-order valence-electron chi connectivity index (χ4n) is 1.85. The first-order valence-corrected chi connectivity index (χ1v) is 6.73. The molecular formula is C14H20N2O5. The van der Waals surface area contributed by atoms with Gasteiger partial charge in [-0.05, 0) is 18.9 Å². The van der Waals surface area contributed by atoms with E-state index in [0.717, 1.165) is 0 Å². The molecule has 1 rings (SSSR count). The number of nitrogens with one attached hydrogen (secondary N) is 1. The van der Waals surface area contributed by atoms with Crippen LogP contribution in [0, 0.1) is 16.0 Å². The zero-order valence-corrected chi connectivity index (χ0v) is 12.3. The Bertz CT molecular complexity index is 484. The predicted octanol–water partition coefficient (Wildman–Crippen LogP) is 2.77. The molecule has 0 aliphatic heterocycles. The Kier molecular flexibility index (Phi) is 6.10. The van der Waals surface area contributed by atoms with E-state index in [1.807, 2.05) is 20.8 Å². The molecule has 0 fully saturated rings. The molecule has 0 saturated carbocycles. The third-order valence-corrected chi connectivity index (χ3v) is 3.11. The number of anilines is 1. The van der Waals surface area contributed by atoms with Crippen molar-refractivity contribution in [2.75, 3.05) is 18.5 Å². The lowest BCUT2D eigenvalue weighted by atomic mass is 10.0. The Balaban J connectivity index is 3.19. The minimum Gasteiger partial charge on any atom is -0.478 e. The van der Waals surface area contributed by atoms with Gasteiger partial charge in [0.1, 0.15) is 5.69 Å². The van der Waals surface area contributed by atoms with Gasteiger partial charge in [0.05, 0.1) is 23.1 Å². The van der Waals surface area contributed by atoms with Crippen molar-refractivity contribution in [3.8, 4) is 0 Å². The molecular weight excluding hydrogens is 276 g/mol. The summed E-state index contributed by atoms with van der Waals surface area (Å²) in [7, 11) is 0. The van der Waals surface area contributed by atoms with Crippen LogP contribution in [0.15, 0.2) is 18.2 Å². The first kappa shape index (κ1) is 16.9. The topological polar surface area (TPSA) is 102 Å². The van der Waals surface area contributed by atoms with Crippen LogP contribution in [0.25, 0.3) is 0 Å². The normalized spacial score (nSPS) is 12.2. The molecule has 0 spiro atoms. The summed E-state index contributed by atoms with van der Waals surface area (Å²) in [6.45, 7) is 6.59. The lowest BCUT2D eigenvalue weighted by molar-refractivity contribution is -0.384. The zero-order valence-electron chi connectivity index (χ0n) is 12.3. The van der Waals surface area contributed by atoms with Crippen molar-refractivity contribution in [2.45, 2.75) is 26.8 Å². The summed E-state index contributed by atoms with van der Waals surface area (Å²) in [6, 6.07) is 3.77. The Hall–Kier alpha value is -2.15. The van der Waals surface area contributed by atoms with E-state index in [0.29, 0.717) is 13.2 Å². The molecule has 0 saturated heterocycles. The Labute approximate surface area is 123 Å². The van der Waals surface area contributed by atoms with E-state index in [-0.39, 0.29) is 28.9 Å². The van der Waals surface area contributed by atoms with Crippen LogP contribution in [0.5, 0.6) is 0 Å². The number of carboxylic acid groups (broad SMARTS) is 1. The highest BCUT2D eigenvalue weighted by Crippen LogP contribution is 2.30. The summed E-state index contributed by atoms with van der Waals surface area (Å²) >= 11 is 0. The van der Waals surface area contributed by atoms with Gasteiger partial charge in [0.15, 0.2) is 0 Å². The van der Waals surface area contributed by atoms with E-state index in [9.17, 15) is 20.0 Å². The number of nitrogens with zero attached hydrogens (tertiary/aromatic N) is 1. The standard InChI is InChI=1S/C14H20N2O5/c1-4-21-8-11(9(2)3)15-13-10(14(17)18)6-5-7-12(13)16(19)20/h5-7,9,11,15H,4,8H2,1-3H3,(H,17,18). The number of hydrogen-bond acceptors (Lipinski definition) is 5. The number of para-hydroxylation sites is 1. The largest absolute Gasteiger partial charge is 0.478 e. The summed E-state index contributed by atoms with van der Waals surface area (Å²) in [6.07, 6.45) is 0. The van der Waals surface area contributed by atoms with Crippen molar-refractivity contribution in [2.24, 2.45) is 5.92 Å². The van der Waals surface area contributed by atoms with Crippen LogP contribution in [-0.2, 0) is 4.74 Å². The molecule has 21 heavy (non-hydrogen) atoms. The second-order valence-corrected chi connectivity index (χ2v) is 4.92. The van der Waals surface area contributed by atoms with Crippen molar-refractivity contribution >= 4 is 17.3 Å². The van der Waals surface area contributed by atoms with Crippen molar-refractivity contribution < 1.29 is 19.6 Å². The Morgan fingerprint density at radius 3 is 2.62 bits per heavy atom. The first-order valence-electron chi connectivity index (χ1n) is 6.73. The number of nitro benzene ring substituents is 1. The number of hydrogen-bond donors (Lipinski definition) is 2. The van der Waals surface area contributed by atoms with Gasteiger partial charge in [0.25, 0.3) is 5.69 Å². The van der Waals surface area contributed by atoms with Crippen molar-refractivity contribution in [1.29, 1.82) is 0 Å². The van der Waals surface area contributed by atoms with Gasteiger partial charge in [-0.25, -0.2) is 4.79 Å². The average Bonchev–Trinajstić information content (AvgIpc) is 2.42. The van der Waals surface area contributed by atoms with E-state index in [2.05, 4.69) is 5.32 Å². The quantitative estimate of drug-likeness (QED) is 0.565. The van der Waals surface area contributed by atoms with Crippen molar-refractivity contribution in [1.82, 2.24) is 0 Å².